The van der Waals surface area contributed by atoms with Gasteiger partial charge in [0.1, 0.15) is 18.2 Å². The van der Waals surface area contributed by atoms with Crippen molar-refractivity contribution in [3.8, 4) is 5.75 Å². The second-order valence-electron chi connectivity index (χ2n) is 8.01. The van der Waals surface area contributed by atoms with Crippen molar-refractivity contribution < 1.29 is 14.2 Å². The fraction of sp³-hybridized carbons (Fsp3) is 0.320. The average Bonchev–Trinajstić information content (AvgIpc) is 2.80. The van der Waals surface area contributed by atoms with Crippen molar-refractivity contribution in [3.05, 3.63) is 88.5 Å². The molecule has 3 aromatic rings. The fourth-order valence-electron chi connectivity index (χ4n) is 4.05. The lowest BCUT2D eigenvalue weighted by atomic mass is 10.00. The molecule has 2 heterocycles. The number of nitrogens with zero attached hydrogens (tertiary/aromatic N) is 3. The van der Waals surface area contributed by atoms with Crippen molar-refractivity contribution in [1.82, 2.24) is 9.88 Å². The van der Waals surface area contributed by atoms with Gasteiger partial charge >= 0.3 is 0 Å². The molecule has 168 valence electrons. The molecule has 0 unspecified atom stereocenters. The van der Waals surface area contributed by atoms with E-state index in [0.717, 1.165) is 31.0 Å². The third-order valence-electron chi connectivity index (χ3n) is 5.69. The molecule has 1 aliphatic heterocycles. The standard InChI is InChI=1S/C25H27ClFN3O2/c1-18-2-4-19(5-3-18)25-17-29(16-21-7-6-20(27)15-28-21)10-11-30(25)24-9-8-22(14-23(24)26)32-13-12-31/h2-9,14-15,25,31H,10-13,16-17H2,1H3/t25-/m0/s1. The van der Waals surface area contributed by atoms with Gasteiger partial charge in [0.2, 0.25) is 0 Å². The molecule has 0 aliphatic carbocycles. The van der Waals surface area contributed by atoms with Crippen LogP contribution in [-0.2, 0) is 6.54 Å². The molecule has 5 nitrogen and oxygen atoms in total. The number of halogens is 2. The largest absolute Gasteiger partial charge is 0.491 e. The van der Waals surface area contributed by atoms with E-state index in [2.05, 4.69) is 46.0 Å². The van der Waals surface area contributed by atoms with E-state index in [1.807, 2.05) is 12.1 Å². The molecular formula is C25H27ClFN3O2. The van der Waals surface area contributed by atoms with Gasteiger partial charge < -0.3 is 14.7 Å². The normalized spacial score (nSPS) is 16.9. The van der Waals surface area contributed by atoms with E-state index < -0.39 is 0 Å². The van der Waals surface area contributed by atoms with Gasteiger partial charge in [-0.05, 0) is 36.8 Å². The van der Waals surface area contributed by atoms with Gasteiger partial charge in [0.15, 0.2) is 0 Å². The molecule has 1 N–H and O–H groups in total. The first-order valence-electron chi connectivity index (χ1n) is 10.7. The Kier molecular flexibility index (Phi) is 7.25. The molecule has 4 rings (SSSR count). The Hall–Kier alpha value is -2.67. The van der Waals surface area contributed by atoms with Crippen molar-refractivity contribution in [3.63, 3.8) is 0 Å². The van der Waals surface area contributed by atoms with Crippen LogP contribution in [0.3, 0.4) is 0 Å². The highest BCUT2D eigenvalue weighted by Crippen LogP contribution is 2.37. The monoisotopic (exact) mass is 455 g/mol. The summed E-state index contributed by atoms with van der Waals surface area (Å²) in [7, 11) is 0. The van der Waals surface area contributed by atoms with E-state index in [4.69, 9.17) is 21.4 Å². The number of aryl methyl sites for hydroxylation is 1. The molecule has 1 aromatic heterocycles. The third-order valence-corrected chi connectivity index (χ3v) is 5.99. The highest BCUT2D eigenvalue weighted by Gasteiger charge is 2.30. The predicted octanol–water partition coefficient (Wildman–Crippen LogP) is 4.62. The quantitative estimate of drug-likeness (QED) is 0.563. The van der Waals surface area contributed by atoms with Crippen LogP contribution >= 0.6 is 11.6 Å². The molecular weight excluding hydrogens is 429 g/mol. The average molecular weight is 456 g/mol. The second-order valence-corrected chi connectivity index (χ2v) is 8.42. The van der Waals surface area contributed by atoms with Gasteiger partial charge in [-0.3, -0.25) is 9.88 Å². The number of piperazine rings is 1. The van der Waals surface area contributed by atoms with Gasteiger partial charge in [-0.15, -0.1) is 0 Å². The van der Waals surface area contributed by atoms with E-state index in [9.17, 15) is 4.39 Å². The molecule has 32 heavy (non-hydrogen) atoms. The molecule has 0 saturated carbocycles. The van der Waals surface area contributed by atoms with Crippen LogP contribution < -0.4 is 9.64 Å². The molecule has 0 radical (unpaired) electrons. The number of hydrogen-bond donors (Lipinski definition) is 1. The summed E-state index contributed by atoms with van der Waals surface area (Å²) in [6, 6.07) is 17.5. The number of anilines is 1. The van der Waals surface area contributed by atoms with Crippen molar-refractivity contribution in [2.45, 2.75) is 19.5 Å². The smallest absolute Gasteiger partial charge is 0.141 e. The van der Waals surface area contributed by atoms with Gasteiger partial charge in [0.05, 0.1) is 35.2 Å². The summed E-state index contributed by atoms with van der Waals surface area (Å²) in [5.74, 6) is 0.317. The Balaban J connectivity index is 1.58. The minimum absolute atomic E-state index is 0.0419. The first-order valence-corrected chi connectivity index (χ1v) is 11.1. The second kappa shape index (κ2) is 10.3. The van der Waals surface area contributed by atoms with Crippen LogP contribution in [0.1, 0.15) is 22.9 Å². The molecule has 2 aromatic carbocycles. The highest BCUT2D eigenvalue weighted by molar-refractivity contribution is 6.33. The molecule has 7 heteroatoms. The minimum Gasteiger partial charge on any atom is -0.491 e. The van der Waals surface area contributed by atoms with Gasteiger partial charge in [-0.1, -0.05) is 41.4 Å². The summed E-state index contributed by atoms with van der Waals surface area (Å²) >= 11 is 6.66. The summed E-state index contributed by atoms with van der Waals surface area (Å²) in [4.78, 5) is 8.90. The highest BCUT2D eigenvalue weighted by atomic mass is 35.5. The summed E-state index contributed by atoms with van der Waals surface area (Å²) < 4.78 is 18.7. The maximum absolute atomic E-state index is 13.2. The zero-order chi connectivity index (χ0) is 22.5. The summed E-state index contributed by atoms with van der Waals surface area (Å²) in [5.41, 5.74) is 4.23. The molecule has 1 atom stereocenters. The van der Waals surface area contributed by atoms with E-state index in [1.165, 1.54) is 23.4 Å². The molecule has 0 spiro atoms. The number of aliphatic hydroxyl groups is 1. The predicted molar refractivity (Wildman–Crippen MR) is 125 cm³/mol. The number of ether oxygens (including phenoxy) is 1. The number of rotatable bonds is 7. The molecule has 1 fully saturated rings. The Labute approximate surface area is 193 Å². The Morgan fingerprint density at radius 1 is 1.12 bits per heavy atom. The summed E-state index contributed by atoms with van der Waals surface area (Å²) in [6.45, 7) is 5.35. The van der Waals surface area contributed by atoms with Crippen LogP contribution in [0.5, 0.6) is 5.75 Å². The zero-order valence-electron chi connectivity index (χ0n) is 18.0. The summed E-state index contributed by atoms with van der Waals surface area (Å²) in [6.07, 6.45) is 1.27. The Bertz CT molecular complexity index is 1030. The zero-order valence-corrected chi connectivity index (χ0v) is 18.8. The number of hydrogen-bond acceptors (Lipinski definition) is 5. The van der Waals surface area contributed by atoms with Crippen molar-refractivity contribution in [1.29, 1.82) is 0 Å². The molecule has 1 saturated heterocycles. The van der Waals surface area contributed by atoms with Crippen molar-refractivity contribution in [2.75, 3.05) is 37.7 Å². The summed E-state index contributed by atoms with van der Waals surface area (Å²) in [5, 5.41) is 9.60. The van der Waals surface area contributed by atoms with Crippen LogP contribution in [0.2, 0.25) is 5.02 Å². The minimum atomic E-state index is -0.322. The van der Waals surface area contributed by atoms with Crippen LogP contribution in [-0.4, -0.2) is 47.8 Å². The van der Waals surface area contributed by atoms with E-state index in [-0.39, 0.29) is 25.1 Å². The Morgan fingerprint density at radius 3 is 2.62 bits per heavy atom. The van der Waals surface area contributed by atoms with Gasteiger partial charge in [-0.2, -0.15) is 0 Å². The lowest BCUT2D eigenvalue weighted by Gasteiger charge is -2.43. The molecule has 0 bridgehead atoms. The lowest BCUT2D eigenvalue weighted by Crippen LogP contribution is -2.48. The maximum Gasteiger partial charge on any atom is 0.141 e. The van der Waals surface area contributed by atoms with Crippen LogP contribution in [0.15, 0.2) is 60.8 Å². The first-order chi connectivity index (χ1) is 15.5. The van der Waals surface area contributed by atoms with E-state index >= 15 is 0 Å². The van der Waals surface area contributed by atoms with Crippen molar-refractivity contribution in [2.24, 2.45) is 0 Å². The van der Waals surface area contributed by atoms with Crippen LogP contribution in [0, 0.1) is 12.7 Å². The van der Waals surface area contributed by atoms with Crippen molar-refractivity contribution >= 4 is 17.3 Å². The van der Waals surface area contributed by atoms with Gasteiger partial charge in [0.25, 0.3) is 0 Å². The number of aromatic nitrogens is 1. The third kappa shape index (κ3) is 5.38. The number of pyridine rings is 1. The molecule has 1 aliphatic rings. The Morgan fingerprint density at radius 2 is 1.94 bits per heavy atom. The van der Waals surface area contributed by atoms with Crippen LogP contribution in [0.25, 0.3) is 0 Å². The topological polar surface area (TPSA) is 48.8 Å². The fourth-order valence-corrected chi connectivity index (χ4v) is 4.33. The van der Waals surface area contributed by atoms with E-state index in [0.29, 0.717) is 17.3 Å². The van der Waals surface area contributed by atoms with Gasteiger partial charge in [0, 0.05) is 32.2 Å². The molecule has 0 amide bonds. The lowest BCUT2D eigenvalue weighted by molar-refractivity contribution is 0.201. The number of aliphatic hydroxyl groups excluding tert-OH is 1. The maximum atomic E-state index is 13.2. The SMILES string of the molecule is Cc1ccc([C@@H]2CN(Cc3ccc(F)cn3)CCN2c2ccc(OCCO)cc2Cl)cc1. The first kappa shape index (κ1) is 22.5. The van der Waals surface area contributed by atoms with Gasteiger partial charge in [-0.25, -0.2) is 4.39 Å². The van der Waals surface area contributed by atoms with Crippen LogP contribution in [0.4, 0.5) is 10.1 Å². The number of benzene rings is 2. The van der Waals surface area contributed by atoms with E-state index in [1.54, 1.807) is 12.1 Å².